The maximum atomic E-state index is 5.39. The van der Waals surface area contributed by atoms with Crippen LogP contribution >= 0.6 is 11.6 Å². The van der Waals surface area contributed by atoms with Crippen molar-refractivity contribution in [3.8, 4) is 12.3 Å². The minimum Gasteiger partial charge on any atom is -0.376 e. The van der Waals surface area contributed by atoms with Crippen LogP contribution in [-0.4, -0.2) is 18.6 Å². The molecule has 0 radical (unpaired) electrons. The molecular formula is C7H9ClO. The van der Waals surface area contributed by atoms with Gasteiger partial charge in [0.05, 0.1) is 12.7 Å². The van der Waals surface area contributed by atoms with Crippen LogP contribution in [0.3, 0.4) is 0 Å². The van der Waals surface area contributed by atoms with Gasteiger partial charge in [0.15, 0.2) is 0 Å². The van der Waals surface area contributed by atoms with E-state index in [1.165, 1.54) is 0 Å². The predicted octanol–water partition coefficient (Wildman–Crippen LogP) is 1.26. The lowest BCUT2D eigenvalue weighted by molar-refractivity contribution is 0.128. The highest BCUT2D eigenvalue weighted by Crippen LogP contribution is 2.32. The number of hydrogen-bond acceptors (Lipinski definition) is 1. The number of ether oxygens (including phenoxy) is 1. The normalized spacial score (nSPS) is 31.6. The van der Waals surface area contributed by atoms with Crippen LogP contribution < -0.4 is 0 Å². The Hall–Kier alpha value is -0.190. The Morgan fingerprint density at radius 2 is 2.56 bits per heavy atom. The van der Waals surface area contributed by atoms with Crippen LogP contribution in [0.4, 0.5) is 0 Å². The summed E-state index contributed by atoms with van der Waals surface area (Å²) in [5.74, 6) is 3.56. The van der Waals surface area contributed by atoms with Gasteiger partial charge in [-0.25, -0.2) is 0 Å². The molecule has 1 rings (SSSR count). The molecule has 50 valence electrons. The van der Waals surface area contributed by atoms with Crippen molar-refractivity contribution in [1.82, 2.24) is 0 Å². The molecule has 0 amide bonds. The third kappa shape index (κ3) is 1.89. The summed E-state index contributed by atoms with van der Waals surface area (Å²) in [5.41, 5.74) is 0. The summed E-state index contributed by atoms with van der Waals surface area (Å²) < 4.78 is 5.23. The molecule has 0 aromatic heterocycles. The lowest BCUT2D eigenvalue weighted by Gasteiger charge is -1.95. The van der Waals surface area contributed by atoms with E-state index in [4.69, 9.17) is 22.8 Å². The Kier molecular flexibility index (Phi) is 2.38. The maximum absolute atomic E-state index is 5.39. The summed E-state index contributed by atoms with van der Waals surface area (Å²) >= 11 is 5.39. The monoisotopic (exact) mass is 144 g/mol. The molecule has 1 aliphatic rings. The van der Waals surface area contributed by atoms with E-state index in [9.17, 15) is 0 Å². The van der Waals surface area contributed by atoms with Gasteiger partial charge >= 0.3 is 0 Å². The van der Waals surface area contributed by atoms with Crippen LogP contribution in [-0.2, 0) is 4.74 Å². The second-order valence-electron chi connectivity index (χ2n) is 2.11. The predicted molar refractivity (Wildman–Crippen MR) is 37.4 cm³/mol. The molecule has 1 saturated carbocycles. The molecule has 1 fully saturated rings. The zero-order valence-electron chi connectivity index (χ0n) is 5.14. The number of alkyl halides is 1. The van der Waals surface area contributed by atoms with E-state index in [0.717, 1.165) is 6.42 Å². The Bertz CT molecular complexity index is 127. The molecule has 9 heavy (non-hydrogen) atoms. The van der Waals surface area contributed by atoms with Crippen LogP contribution in [0, 0.1) is 18.3 Å². The number of halogens is 1. The van der Waals surface area contributed by atoms with Crippen molar-refractivity contribution in [3.05, 3.63) is 0 Å². The van der Waals surface area contributed by atoms with Crippen molar-refractivity contribution in [2.45, 2.75) is 12.5 Å². The smallest absolute Gasteiger partial charge is 0.0726 e. The van der Waals surface area contributed by atoms with Gasteiger partial charge in [-0.3, -0.25) is 0 Å². The molecule has 0 bridgehead atoms. The third-order valence-electron chi connectivity index (χ3n) is 1.36. The van der Waals surface area contributed by atoms with Gasteiger partial charge in [-0.15, -0.1) is 23.9 Å². The Morgan fingerprint density at radius 3 is 3.00 bits per heavy atom. The number of hydrogen-bond donors (Lipinski definition) is 0. The Balaban J connectivity index is 2.00. The summed E-state index contributed by atoms with van der Waals surface area (Å²) in [6.45, 7) is 0.629. The Labute approximate surface area is 60.3 Å². The first-order valence-corrected chi connectivity index (χ1v) is 3.55. The number of terminal acetylenes is 1. The third-order valence-corrected chi connectivity index (χ3v) is 1.51. The van der Waals surface area contributed by atoms with E-state index in [1.807, 2.05) is 0 Å². The van der Waals surface area contributed by atoms with Gasteiger partial charge in [0.1, 0.15) is 0 Å². The number of rotatable bonds is 3. The summed E-state index contributed by atoms with van der Waals surface area (Å²) in [6, 6.07) is 0. The van der Waals surface area contributed by atoms with E-state index in [0.29, 0.717) is 24.5 Å². The van der Waals surface area contributed by atoms with Crippen LogP contribution in [0.25, 0.3) is 0 Å². The summed E-state index contributed by atoms with van der Waals surface area (Å²) in [4.78, 5) is 0. The average Bonchev–Trinajstić information content (AvgIpc) is 2.62. The van der Waals surface area contributed by atoms with Crippen LogP contribution in [0.1, 0.15) is 6.42 Å². The molecular weight excluding hydrogens is 136 g/mol. The van der Waals surface area contributed by atoms with Crippen molar-refractivity contribution in [3.63, 3.8) is 0 Å². The van der Waals surface area contributed by atoms with Crippen molar-refractivity contribution in [2.24, 2.45) is 5.92 Å². The van der Waals surface area contributed by atoms with Gasteiger partial charge in [-0.05, 0) is 6.42 Å². The van der Waals surface area contributed by atoms with E-state index >= 15 is 0 Å². The molecule has 2 heteroatoms. The fourth-order valence-electron chi connectivity index (χ4n) is 0.727. The molecule has 0 heterocycles. The van der Waals surface area contributed by atoms with Gasteiger partial charge in [0.25, 0.3) is 0 Å². The molecule has 0 saturated heterocycles. The highest BCUT2D eigenvalue weighted by atomic mass is 35.5. The molecule has 1 aliphatic carbocycles. The van der Waals surface area contributed by atoms with E-state index < -0.39 is 0 Å². The highest BCUT2D eigenvalue weighted by Gasteiger charge is 2.36. The van der Waals surface area contributed by atoms with Crippen LogP contribution in [0.2, 0.25) is 0 Å². The van der Waals surface area contributed by atoms with Gasteiger partial charge in [-0.1, -0.05) is 0 Å². The summed E-state index contributed by atoms with van der Waals surface area (Å²) in [6.07, 6.45) is 6.47. The van der Waals surface area contributed by atoms with Crippen LogP contribution in [0.5, 0.6) is 0 Å². The van der Waals surface area contributed by atoms with Crippen molar-refractivity contribution in [2.75, 3.05) is 12.5 Å². The van der Waals surface area contributed by atoms with Gasteiger partial charge in [0.2, 0.25) is 0 Å². The maximum Gasteiger partial charge on any atom is 0.0726 e. The quantitative estimate of drug-likeness (QED) is 0.428. The first-order valence-electron chi connectivity index (χ1n) is 3.02. The minimum absolute atomic E-state index is 0.314. The van der Waals surface area contributed by atoms with E-state index in [1.54, 1.807) is 0 Å². The van der Waals surface area contributed by atoms with Gasteiger partial charge < -0.3 is 4.74 Å². The Morgan fingerprint density at radius 1 is 1.78 bits per heavy atom. The van der Waals surface area contributed by atoms with E-state index in [2.05, 4.69) is 5.92 Å². The SMILES string of the molecule is C#C[C@@H]1C[C@@H]1OCCCl. The molecule has 0 aromatic rings. The van der Waals surface area contributed by atoms with Crippen LogP contribution in [0.15, 0.2) is 0 Å². The molecule has 0 N–H and O–H groups in total. The minimum atomic E-state index is 0.314. The fraction of sp³-hybridized carbons (Fsp3) is 0.714. The molecule has 0 aromatic carbocycles. The lowest BCUT2D eigenvalue weighted by Crippen LogP contribution is -1.98. The molecule has 0 aliphatic heterocycles. The largest absolute Gasteiger partial charge is 0.376 e. The molecule has 0 unspecified atom stereocenters. The summed E-state index contributed by atoms with van der Waals surface area (Å²) in [7, 11) is 0. The van der Waals surface area contributed by atoms with E-state index in [-0.39, 0.29) is 0 Å². The fourth-order valence-corrected chi connectivity index (χ4v) is 0.816. The topological polar surface area (TPSA) is 9.23 Å². The zero-order valence-corrected chi connectivity index (χ0v) is 5.90. The molecule has 1 nitrogen and oxygen atoms in total. The lowest BCUT2D eigenvalue weighted by atomic mass is 10.4. The zero-order chi connectivity index (χ0) is 6.69. The molecule has 2 atom stereocenters. The second-order valence-corrected chi connectivity index (χ2v) is 2.49. The standard InChI is InChI=1S/C7H9ClO/c1-2-6-5-7(6)9-4-3-8/h1,6-7H,3-5H2/t6-,7+/m1/s1. The first-order chi connectivity index (χ1) is 4.38. The second kappa shape index (κ2) is 3.10. The van der Waals surface area contributed by atoms with Crippen molar-refractivity contribution < 1.29 is 4.74 Å². The average molecular weight is 145 g/mol. The molecule has 0 spiro atoms. The first kappa shape index (κ1) is 6.92. The van der Waals surface area contributed by atoms with Crippen molar-refractivity contribution in [1.29, 1.82) is 0 Å². The van der Waals surface area contributed by atoms with Gasteiger partial charge in [-0.2, -0.15) is 0 Å². The highest BCUT2D eigenvalue weighted by molar-refractivity contribution is 6.17. The van der Waals surface area contributed by atoms with Gasteiger partial charge in [0, 0.05) is 11.8 Å². The summed E-state index contributed by atoms with van der Waals surface area (Å²) in [5, 5.41) is 0. The van der Waals surface area contributed by atoms with Crippen molar-refractivity contribution >= 4 is 11.6 Å².